The third-order valence-electron chi connectivity index (χ3n) is 3.12. The third-order valence-corrected chi connectivity index (χ3v) is 3.12. The first-order valence-electron chi connectivity index (χ1n) is 6.04. The molecule has 19 heavy (non-hydrogen) atoms. The Balaban J connectivity index is 1.75. The molecule has 1 aromatic heterocycles. The minimum absolute atomic E-state index is 0.266. The van der Waals surface area contributed by atoms with Gasteiger partial charge in [0, 0.05) is 18.0 Å². The fourth-order valence-corrected chi connectivity index (χ4v) is 1.96. The van der Waals surface area contributed by atoms with Crippen LogP contribution in [0.2, 0.25) is 0 Å². The first-order chi connectivity index (χ1) is 9.22. The van der Waals surface area contributed by atoms with Gasteiger partial charge in [0.15, 0.2) is 0 Å². The minimum Gasteiger partial charge on any atom is -0.478 e. The molecule has 6 nitrogen and oxygen atoms in total. The molecule has 2 heterocycles. The van der Waals surface area contributed by atoms with Crippen molar-refractivity contribution in [3.63, 3.8) is 0 Å². The van der Waals surface area contributed by atoms with Gasteiger partial charge in [-0.2, -0.15) is 0 Å². The Hall–Kier alpha value is -2.21. The van der Waals surface area contributed by atoms with Crippen molar-refractivity contribution >= 4 is 5.97 Å². The van der Waals surface area contributed by atoms with Gasteiger partial charge in [-0.3, -0.25) is 4.68 Å². The Morgan fingerprint density at radius 2 is 2.11 bits per heavy atom. The van der Waals surface area contributed by atoms with Gasteiger partial charge in [0.2, 0.25) is 0 Å². The van der Waals surface area contributed by atoms with Crippen molar-refractivity contribution in [1.29, 1.82) is 0 Å². The van der Waals surface area contributed by atoms with Gasteiger partial charge < -0.3 is 9.84 Å². The second kappa shape index (κ2) is 4.81. The van der Waals surface area contributed by atoms with E-state index in [4.69, 9.17) is 9.84 Å². The lowest BCUT2D eigenvalue weighted by Crippen LogP contribution is -2.31. The third kappa shape index (κ3) is 2.48. The molecule has 1 aliphatic rings. The summed E-state index contributed by atoms with van der Waals surface area (Å²) < 4.78 is 6.92. The van der Waals surface area contributed by atoms with E-state index in [9.17, 15) is 4.79 Å². The second-order valence-corrected chi connectivity index (χ2v) is 4.61. The van der Waals surface area contributed by atoms with Crippen LogP contribution in [0, 0.1) is 5.92 Å². The van der Waals surface area contributed by atoms with Crippen molar-refractivity contribution in [2.75, 3.05) is 13.2 Å². The molecule has 1 fully saturated rings. The van der Waals surface area contributed by atoms with Crippen LogP contribution < -0.4 is 0 Å². The molecule has 0 bridgehead atoms. The largest absolute Gasteiger partial charge is 0.478 e. The van der Waals surface area contributed by atoms with Crippen molar-refractivity contribution in [2.24, 2.45) is 5.92 Å². The first kappa shape index (κ1) is 11.9. The summed E-state index contributed by atoms with van der Waals surface area (Å²) in [6.07, 6.45) is 1.87. The number of ether oxygens (including phenoxy) is 1. The predicted octanol–water partition coefficient (Wildman–Crippen LogP) is 1.29. The van der Waals surface area contributed by atoms with Crippen LogP contribution in [0.3, 0.4) is 0 Å². The second-order valence-electron chi connectivity index (χ2n) is 4.61. The van der Waals surface area contributed by atoms with Gasteiger partial charge in [-0.1, -0.05) is 17.3 Å². The lowest BCUT2D eigenvalue weighted by atomic mass is 10.1. The zero-order chi connectivity index (χ0) is 13.2. The summed E-state index contributed by atoms with van der Waals surface area (Å²) in [6, 6.07) is 6.61. The Labute approximate surface area is 109 Å². The van der Waals surface area contributed by atoms with Gasteiger partial charge >= 0.3 is 5.97 Å². The lowest BCUT2D eigenvalue weighted by molar-refractivity contribution is -0.0410. The maximum Gasteiger partial charge on any atom is 0.335 e. The van der Waals surface area contributed by atoms with Gasteiger partial charge in [0.1, 0.15) is 5.69 Å². The quantitative estimate of drug-likeness (QED) is 0.895. The van der Waals surface area contributed by atoms with E-state index in [1.165, 1.54) is 0 Å². The Morgan fingerprint density at radius 1 is 1.37 bits per heavy atom. The minimum atomic E-state index is -0.930. The summed E-state index contributed by atoms with van der Waals surface area (Å²) in [6.45, 7) is 2.37. The highest BCUT2D eigenvalue weighted by Gasteiger charge is 2.19. The van der Waals surface area contributed by atoms with E-state index in [-0.39, 0.29) is 5.56 Å². The molecule has 1 saturated heterocycles. The van der Waals surface area contributed by atoms with Gasteiger partial charge in [0.25, 0.3) is 0 Å². The molecule has 2 aromatic rings. The molecule has 0 spiro atoms. The Morgan fingerprint density at radius 3 is 2.68 bits per heavy atom. The summed E-state index contributed by atoms with van der Waals surface area (Å²) in [5.41, 5.74) is 1.88. The zero-order valence-corrected chi connectivity index (χ0v) is 10.2. The van der Waals surface area contributed by atoms with Crippen LogP contribution in [0.4, 0.5) is 0 Å². The molecule has 98 valence electrons. The molecule has 0 amide bonds. The number of carbonyl (C=O) groups is 1. The van der Waals surface area contributed by atoms with E-state index >= 15 is 0 Å². The number of aromatic nitrogens is 3. The van der Waals surface area contributed by atoms with Crippen LogP contribution in [0.1, 0.15) is 10.4 Å². The van der Waals surface area contributed by atoms with Crippen LogP contribution >= 0.6 is 0 Å². The van der Waals surface area contributed by atoms with Crippen LogP contribution in [-0.2, 0) is 11.3 Å². The average Bonchev–Trinajstić information content (AvgIpc) is 2.82. The summed E-state index contributed by atoms with van der Waals surface area (Å²) in [5, 5.41) is 17.0. The van der Waals surface area contributed by atoms with E-state index in [0.717, 1.165) is 31.0 Å². The number of aromatic carboxylic acids is 1. The molecule has 1 N–H and O–H groups in total. The Bertz CT molecular complexity index is 587. The number of benzene rings is 1. The molecule has 1 aromatic carbocycles. The smallest absolute Gasteiger partial charge is 0.335 e. The van der Waals surface area contributed by atoms with E-state index in [0.29, 0.717) is 5.92 Å². The highest BCUT2D eigenvalue weighted by Crippen LogP contribution is 2.18. The molecule has 0 radical (unpaired) electrons. The monoisotopic (exact) mass is 259 g/mol. The molecular weight excluding hydrogens is 246 g/mol. The molecule has 0 saturated carbocycles. The first-order valence-corrected chi connectivity index (χ1v) is 6.04. The van der Waals surface area contributed by atoms with Gasteiger partial charge in [-0.15, -0.1) is 5.10 Å². The van der Waals surface area contributed by atoms with Crippen LogP contribution in [-0.4, -0.2) is 39.3 Å². The van der Waals surface area contributed by atoms with Crippen molar-refractivity contribution in [1.82, 2.24) is 15.0 Å². The number of hydrogen-bond donors (Lipinski definition) is 1. The number of nitrogens with zero attached hydrogens (tertiary/aromatic N) is 3. The van der Waals surface area contributed by atoms with Crippen molar-refractivity contribution in [2.45, 2.75) is 6.54 Å². The number of hydrogen-bond acceptors (Lipinski definition) is 4. The molecule has 0 unspecified atom stereocenters. The van der Waals surface area contributed by atoms with E-state index in [1.807, 2.05) is 6.20 Å². The summed E-state index contributed by atoms with van der Waals surface area (Å²) in [4.78, 5) is 10.8. The predicted molar refractivity (Wildman–Crippen MR) is 66.7 cm³/mol. The highest BCUT2D eigenvalue weighted by molar-refractivity contribution is 5.88. The number of carboxylic acids is 1. The lowest BCUT2D eigenvalue weighted by Gasteiger charge is -2.25. The SMILES string of the molecule is O=C(O)c1ccc(-c2cn(CC3COC3)nn2)cc1. The maximum absolute atomic E-state index is 10.8. The van der Waals surface area contributed by atoms with Gasteiger partial charge in [-0.25, -0.2) is 4.79 Å². The fraction of sp³-hybridized carbons (Fsp3) is 0.308. The molecule has 0 atom stereocenters. The average molecular weight is 259 g/mol. The molecule has 0 aliphatic carbocycles. The van der Waals surface area contributed by atoms with Crippen molar-refractivity contribution in [3.05, 3.63) is 36.0 Å². The fourth-order valence-electron chi connectivity index (χ4n) is 1.96. The molecule has 3 rings (SSSR count). The van der Waals surface area contributed by atoms with E-state index < -0.39 is 5.97 Å². The maximum atomic E-state index is 10.8. The van der Waals surface area contributed by atoms with Crippen molar-refractivity contribution in [3.8, 4) is 11.3 Å². The highest BCUT2D eigenvalue weighted by atomic mass is 16.5. The summed E-state index contributed by atoms with van der Waals surface area (Å²) in [7, 11) is 0. The number of rotatable bonds is 4. The normalized spacial score (nSPS) is 15.2. The summed E-state index contributed by atoms with van der Waals surface area (Å²) in [5.74, 6) is -0.413. The molecular formula is C13H13N3O3. The Kier molecular flexibility index (Phi) is 3.00. The van der Waals surface area contributed by atoms with Gasteiger partial charge in [-0.05, 0) is 12.1 Å². The van der Waals surface area contributed by atoms with Gasteiger partial charge in [0.05, 0.1) is 25.0 Å². The zero-order valence-electron chi connectivity index (χ0n) is 10.2. The number of carboxylic acid groups (broad SMARTS) is 1. The van der Waals surface area contributed by atoms with E-state index in [1.54, 1.807) is 28.9 Å². The standard InChI is InChI=1S/C13H13N3O3/c17-13(18)11-3-1-10(2-4-11)12-6-16(15-14-12)5-9-7-19-8-9/h1-4,6,9H,5,7-8H2,(H,17,18). The molecule has 6 heteroatoms. The van der Waals surface area contributed by atoms with Crippen LogP contribution in [0.25, 0.3) is 11.3 Å². The van der Waals surface area contributed by atoms with Crippen molar-refractivity contribution < 1.29 is 14.6 Å². The van der Waals surface area contributed by atoms with Crippen LogP contribution in [0.15, 0.2) is 30.5 Å². The van der Waals surface area contributed by atoms with Crippen LogP contribution in [0.5, 0.6) is 0 Å². The summed E-state index contributed by atoms with van der Waals surface area (Å²) >= 11 is 0. The van der Waals surface area contributed by atoms with E-state index in [2.05, 4.69) is 10.3 Å². The topological polar surface area (TPSA) is 77.2 Å². The molecule has 1 aliphatic heterocycles.